The summed E-state index contributed by atoms with van der Waals surface area (Å²) < 4.78 is 5.14. The molecular weight excluding hydrogens is 328 g/mol. The zero-order valence-corrected chi connectivity index (χ0v) is 15.6. The monoisotopic (exact) mass is 354 g/mol. The number of hydrogen-bond donors (Lipinski definition) is 1. The first kappa shape index (κ1) is 19.5. The largest absolute Gasteiger partial charge is 0.497 e. The number of aryl methyl sites for hydroxylation is 1. The molecule has 0 bridgehead atoms. The molecule has 138 valence electrons. The van der Waals surface area contributed by atoms with Crippen molar-refractivity contribution in [1.82, 2.24) is 4.90 Å². The first-order valence-electron chi connectivity index (χ1n) is 8.79. The van der Waals surface area contributed by atoms with Crippen LogP contribution in [0.4, 0.5) is 5.69 Å². The van der Waals surface area contributed by atoms with E-state index in [9.17, 15) is 9.59 Å². The number of amides is 2. The van der Waals surface area contributed by atoms with Gasteiger partial charge in [0.05, 0.1) is 7.11 Å². The highest BCUT2D eigenvalue weighted by Crippen LogP contribution is 2.16. The molecule has 0 saturated heterocycles. The zero-order valence-electron chi connectivity index (χ0n) is 15.6. The number of anilines is 1. The van der Waals surface area contributed by atoms with Crippen molar-refractivity contribution in [2.24, 2.45) is 0 Å². The van der Waals surface area contributed by atoms with Gasteiger partial charge in [-0.15, -0.1) is 0 Å². The van der Waals surface area contributed by atoms with Crippen LogP contribution in [0.1, 0.15) is 31.4 Å². The average molecular weight is 354 g/mol. The van der Waals surface area contributed by atoms with Gasteiger partial charge < -0.3 is 15.0 Å². The third kappa shape index (κ3) is 5.62. The highest BCUT2D eigenvalue weighted by atomic mass is 16.5. The molecule has 5 heteroatoms. The minimum Gasteiger partial charge on any atom is -0.497 e. The summed E-state index contributed by atoms with van der Waals surface area (Å²) in [6.07, 6.45) is 1.11. The van der Waals surface area contributed by atoms with E-state index in [4.69, 9.17) is 4.74 Å². The first-order valence-corrected chi connectivity index (χ1v) is 8.79. The van der Waals surface area contributed by atoms with Crippen LogP contribution in [0.15, 0.2) is 48.5 Å². The van der Waals surface area contributed by atoms with Gasteiger partial charge in [-0.05, 0) is 35.7 Å². The Morgan fingerprint density at radius 3 is 2.38 bits per heavy atom. The van der Waals surface area contributed by atoms with Crippen molar-refractivity contribution < 1.29 is 14.3 Å². The maximum atomic E-state index is 12.3. The van der Waals surface area contributed by atoms with Gasteiger partial charge in [-0.1, -0.05) is 37.3 Å². The lowest BCUT2D eigenvalue weighted by atomic mass is 10.1. The van der Waals surface area contributed by atoms with Crippen LogP contribution in [-0.2, 0) is 22.6 Å². The van der Waals surface area contributed by atoms with Gasteiger partial charge in [-0.2, -0.15) is 0 Å². The van der Waals surface area contributed by atoms with Crippen LogP contribution in [-0.4, -0.2) is 30.4 Å². The third-order valence-corrected chi connectivity index (χ3v) is 4.26. The number of rotatable bonds is 8. The summed E-state index contributed by atoms with van der Waals surface area (Å²) >= 11 is 0. The normalized spacial score (nSPS) is 10.3. The molecule has 26 heavy (non-hydrogen) atoms. The van der Waals surface area contributed by atoms with Gasteiger partial charge in [0.25, 0.3) is 0 Å². The van der Waals surface area contributed by atoms with E-state index in [1.165, 1.54) is 6.92 Å². The fraction of sp³-hybridized carbons (Fsp3) is 0.333. The highest BCUT2D eigenvalue weighted by Gasteiger charge is 2.13. The van der Waals surface area contributed by atoms with Crippen molar-refractivity contribution in [2.45, 2.75) is 33.2 Å². The molecule has 0 aliphatic heterocycles. The van der Waals surface area contributed by atoms with Crippen molar-refractivity contribution in [3.8, 4) is 5.75 Å². The summed E-state index contributed by atoms with van der Waals surface area (Å²) in [4.78, 5) is 25.9. The molecule has 2 amide bonds. The second-order valence-electron chi connectivity index (χ2n) is 6.10. The van der Waals surface area contributed by atoms with E-state index in [1.807, 2.05) is 48.5 Å². The number of ether oxygens (including phenoxy) is 1. The molecule has 0 spiro atoms. The Morgan fingerprint density at radius 1 is 1.08 bits per heavy atom. The lowest BCUT2D eigenvalue weighted by molar-refractivity contribution is -0.129. The molecule has 0 saturated carbocycles. The van der Waals surface area contributed by atoms with Crippen LogP contribution in [0.5, 0.6) is 5.75 Å². The smallest absolute Gasteiger partial charge is 0.226 e. The molecule has 0 aliphatic carbocycles. The summed E-state index contributed by atoms with van der Waals surface area (Å²) in [5.74, 6) is 0.631. The van der Waals surface area contributed by atoms with Crippen LogP contribution < -0.4 is 10.1 Å². The molecule has 0 aliphatic rings. The van der Waals surface area contributed by atoms with Gasteiger partial charge in [-0.25, -0.2) is 0 Å². The number of benzene rings is 2. The van der Waals surface area contributed by atoms with Gasteiger partial charge in [-0.3, -0.25) is 9.59 Å². The van der Waals surface area contributed by atoms with E-state index in [0.717, 1.165) is 29.0 Å². The van der Waals surface area contributed by atoms with E-state index in [-0.39, 0.29) is 18.2 Å². The Balaban J connectivity index is 1.92. The fourth-order valence-electron chi connectivity index (χ4n) is 2.70. The Morgan fingerprint density at radius 2 is 1.77 bits per heavy atom. The molecule has 5 nitrogen and oxygen atoms in total. The maximum absolute atomic E-state index is 12.3. The van der Waals surface area contributed by atoms with E-state index in [1.54, 1.807) is 12.0 Å². The average Bonchev–Trinajstić information content (AvgIpc) is 2.65. The Hall–Kier alpha value is -2.82. The van der Waals surface area contributed by atoms with Crippen molar-refractivity contribution in [2.75, 3.05) is 19.0 Å². The summed E-state index contributed by atoms with van der Waals surface area (Å²) in [5.41, 5.74) is 2.93. The number of carbonyl (C=O) groups excluding carboxylic acids is 2. The fourth-order valence-corrected chi connectivity index (χ4v) is 2.70. The van der Waals surface area contributed by atoms with Crippen LogP contribution in [0.2, 0.25) is 0 Å². The predicted octanol–water partition coefficient (Wildman–Crippen LogP) is 3.63. The summed E-state index contributed by atoms with van der Waals surface area (Å²) in [5, 5.41) is 2.94. The molecule has 0 radical (unpaired) electrons. The number of methoxy groups -OCH3 is 1. The SMILES string of the molecule is CCc1ccccc1NC(=O)CCN(Cc1ccc(OC)cc1)C(C)=O. The molecule has 0 aromatic heterocycles. The number of para-hydroxylation sites is 1. The van der Waals surface area contributed by atoms with E-state index in [2.05, 4.69) is 12.2 Å². The van der Waals surface area contributed by atoms with Gasteiger partial charge in [0.15, 0.2) is 0 Å². The molecule has 0 heterocycles. The number of carbonyl (C=O) groups is 2. The minimum absolute atomic E-state index is 0.0532. The minimum atomic E-state index is -0.0909. The zero-order chi connectivity index (χ0) is 18.9. The van der Waals surface area contributed by atoms with Gasteiger partial charge in [0.1, 0.15) is 5.75 Å². The Labute approximate surface area is 155 Å². The third-order valence-electron chi connectivity index (χ3n) is 4.26. The lowest BCUT2D eigenvalue weighted by Gasteiger charge is -2.21. The standard InChI is InChI=1S/C21H26N2O3/c1-4-18-7-5-6-8-20(18)22-21(25)13-14-23(16(2)24)15-17-9-11-19(26-3)12-10-17/h5-12H,4,13-15H2,1-3H3,(H,22,25). The number of nitrogens with one attached hydrogen (secondary N) is 1. The lowest BCUT2D eigenvalue weighted by Crippen LogP contribution is -2.31. The Bertz CT molecular complexity index is 741. The van der Waals surface area contributed by atoms with Crippen LogP contribution in [0, 0.1) is 0 Å². The number of hydrogen-bond acceptors (Lipinski definition) is 3. The molecule has 0 fully saturated rings. The molecule has 0 atom stereocenters. The molecule has 2 aromatic rings. The Kier molecular flexibility index (Phi) is 7.21. The molecule has 2 rings (SSSR count). The molecule has 2 aromatic carbocycles. The molecule has 1 N–H and O–H groups in total. The van der Waals surface area contributed by atoms with E-state index < -0.39 is 0 Å². The van der Waals surface area contributed by atoms with Crippen molar-refractivity contribution in [3.05, 3.63) is 59.7 Å². The van der Waals surface area contributed by atoms with Gasteiger partial charge in [0, 0.05) is 32.1 Å². The van der Waals surface area contributed by atoms with E-state index in [0.29, 0.717) is 13.1 Å². The van der Waals surface area contributed by atoms with Gasteiger partial charge in [0.2, 0.25) is 11.8 Å². The first-order chi connectivity index (χ1) is 12.5. The second-order valence-corrected chi connectivity index (χ2v) is 6.10. The molecular formula is C21H26N2O3. The van der Waals surface area contributed by atoms with Crippen LogP contribution in [0.3, 0.4) is 0 Å². The van der Waals surface area contributed by atoms with Crippen LogP contribution >= 0.6 is 0 Å². The van der Waals surface area contributed by atoms with Gasteiger partial charge >= 0.3 is 0 Å². The topological polar surface area (TPSA) is 58.6 Å². The van der Waals surface area contributed by atoms with Crippen molar-refractivity contribution >= 4 is 17.5 Å². The molecule has 0 unspecified atom stereocenters. The van der Waals surface area contributed by atoms with Crippen LogP contribution in [0.25, 0.3) is 0 Å². The predicted molar refractivity (Wildman–Crippen MR) is 103 cm³/mol. The van der Waals surface area contributed by atoms with Crippen molar-refractivity contribution in [1.29, 1.82) is 0 Å². The summed E-state index contributed by atoms with van der Waals surface area (Å²) in [7, 11) is 1.62. The van der Waals surface area contributed by atoms with Crippen molar-refractivity contribution in [3.63, 3.8) is 0 Å². The highest BCUT2D eigenvalue weighted by molar-refractivity contribution is 5.91. The summed E-state index contributed by atoms with van der Waals surface area (Å²) in [6, 6.07) is 15.3. The van der Waals surface area contributed by atoms with E-state index >= 15 is 0 Å². The maximum Gasteiger partial charge on any atom is 0.226 e. The number of nitrogens with zero attached hydrogens (tertiary/aromatic N) is 1. The second kappa shape index (κ2) is 9.61. The quantitative estimate of drug-likeness (QED) is 0.787. The summed E-state index contributed by atoms with van der Waals surface area (Å²) in [6.45, 7) is 4.42.